The zero-order valence-electron chi connectivity index (χ0n) is 9.47. The smallest absolute Gasteiger partial charge is 0.337 e. The molecule has 17 heavy (non-hydrogen) atoms. The van der Waals surface area contributed by atoms with E-state index in [1.165, 1.54) is 0 Å². The van der Waals surface area contributed by atoms with Crippen LogP contribution in [0.25, 0.3) is 0 Å². The largest absolute Gasteiger partial charge is 0.478 e. The highest BCUT2D eigenvalue weighted by molar-refractivity contribution is 5.94. The molecule has 1 aromatic rings. The van der Waals surface area contributed by atoms with Gasteiger partial charge in [-0.1, -0.05) is 12.1 Å². The van der Waals surface area contributed by atoms with E-state index in [4.69, 9.17) is 10.4 Å². The van der Waals surface area contributed by atoms with Gasteiger partial charge in [-0.05, 0) is 25.0 Å². The number of nitriles is 1. The van der Waals surface area contributed by atoms with Gasteiger partial charge in [0.15, 0.2) is 0 Å². The van der Waals surface area contributed by atoms with Gasteiger partial charge in [-0.2, -0.15) is 5.26 Å². The lowest BCUT2D eigenvalue weighted by Crippen LogP contribution is -2.34. The first-order valence-corrected chi connectivity index (χ1v) is 5.69. The van der Waals surface area contributed by atoms with E-state index in [1.54, 1.807) is 12.1 Å². The third kappa shape index (κ3) is 2.39. The summed E-state index contributed by atoms with van der Waals surface area (Å²) in [5, 5.41) is 17.9. The average Bonchev–Trinajstić information content (AvgIpc) is 2.39. The summed E-state index contributed by atoms with van der Waals surface area (Å²) in [5.41, 5.74) is 1.10. The number of aromatic carboxylic acids is 1. The Morgan fingerprint density at radius 1 is 1.35 bits per heavy atom. The number of carboxylic acids is 1. The van der Waals surface area contributed by atoms with Crippen LogP contribution in [-0.2, 0) is 0 Å². The van der Waals surface area contributed by atoms with Gasteiger partial charge >= 0.3 is 5.97 Å². The van der Waals surface area contributed by atoms with Crippen LogP contribution in [0.2, 0.25) is 0 Å². The number of nitrogens with zero attached hydrogens (tertiary/aromatic N) is 2. The summed E-state index contributed by atoms with van der Waals surface area (Å²) in [5.74, 6) is -0.786. The Kier molecular flexibility index (Phi) is 3.29. The lowest BCUT2D eigenvalue weighted by Gasteiger charge is -2.31. The fourth-order valence-electron chi connectivity index (χ4n) is 2.18. The van der Waals surface area contributed by atoms with Crippen molar-refractivity contribution in [2.45, 2.75) is 12.8 Å². The second-order valence-corrected chi connectivity index (χ2v) is 4.21. The first-order chi connectivity index (χ1) is 8.22. The van der Waals surface area contributed by atoms with Crippen LogP contribution < -0.4 is 4.90 Å². The fraction of sp³-hybridized carbons (Fsp3) is 0.385. The predicted octanol–water partition coefficient (Wildman–Crippen LogP) is 2.12. The molecule has 0 amide bonds. The number of carboxylic acid groups (broad SMARTS) is 1. The monoisotopic (exact) mass is 230 g/mol. The molecule has 2 rings (SSSR count). The van der Waals surface area contributed by atoms with E-state index in [-0.39, 0.29) is 5.92 Å². The van der Waals surface area contributed by atoms with Crippen molar-refractivity contribution in [3.05, 3.63) is 29.8 Å². The summed E-state index contributed by atoms with van der Waals surface area (Å²) in [6, 6.07) is 9.30. The normalized spacial score (nSPS) is 16.5. The van der Waals surface area contributed by atoms with Crippen LogP contribution in [-0.4, -0.2) is 24.2 Å². The van der Waals surface area contributed by atoms with Crippen molar-refractivity contribution < 1.29 is 9.90 Å². The van der Waals surface area contributed by atoms with Crippen molar-refractivity contribution in [3.63, 3.8) is 0 Å². The summed E-state index contributed by atoms with van der Waals surface area (Å²) in [4.78, 5) is 13.2. The summed E-state index contributed by atoms with van der Waals surface area (Å²) in [6.07, 6.45) is 1.62. The first-order valence-electron chi connectivity index (χ1n) is 5.69. The Labute approximate surface area is 100 Å². The van der Waals surface area contributed by atoms with E-state index in [1.807, 2.05) is 12.1 Å². The number of hydrogen-bond donors (Lipinski definition) is 1. The number of rotatable bonds is 2. The molecule has 1 aromatic carbocycles. The molecule has 0 atom stereocenters. The molecule has 4 heteroatoms. The van der Waals surface area contributed by atoms with Gasteiger partial charge < -0.3 is 10.0 Å². The van der Waals surface area contributed by atoms with Crippen LogP contribution in [0.3, 0.4) is 0 Å². The van der Waals surface area contributed by atoms with Crippen LogP contribution in [0.4, 0.5) is 5.69 Å². The van der Waals surface area contributed by atoms with Gasteiger partial charge in [-0.25, -0.2) is 4.79 Å². The number of anilines is 1. The SMILES string of the molecule is N#CC1CCN(c2ccccc2C(=O)O)CC1. The molecule has 0 aliphatic carbocycles. The number of piperidine rings is 1. The Bertz CT molecular complexity index is 457. The van der Waals surface area contributed by atoms with Crippen LogP contribution in [0.15, 0.2) is 24.3 Å². The Balaban J connectivity index is 2.19. The molecule has 0 aromatic heterocycles. The lowest BCUT2D eigenvalue weighted by molar-refractivity contribution is 0.0697. The molecule has 1 N–H and O–H groups in total. The summed E-state index contributed by atoms with van der Waals surface area (Å²) >= 11 is 0. The highest BCUT2D eigenvalue weighted by atomic mass is 16.4. The molecule has 1 aliphatic heterocycles. The van der Waals surface area contributed by atoms with Crippen molar-refractivity contribution in [2.75, 3.05) is 18.0 Å². The molecule has 0 unspecified atom stereocenters. The number of para-hydroxylation sites is 1. The van der Waals surface area contributed by atoms with Crippen molar-refractivity contribution in [1.29, 1.82) is 5.26 Å². The number of carbonyl (C=O) groups is 1. The molecule has 0 bridgehead atoms. The second-order valence-electron chi connectivity index (χ2n) is 4.21. The number of hydrogen-bond acceptors (Lipinski definition) is 3. The minimum absolute atomic E-state index is 0.114. The molecular weight excluding hydrogens is 216 g/mol. The van der Waals surface area contributed by atoms with Crippen molar-refractivity contribution in [3.8, 4) is 6.07 Å². The molecule has 1 saturated heterocycles. The third-order valence-electron chi connectivity index (χ3n) is 3.15. The molecular formula is C13H14N2O2. The zero-order chi connectivity index (χ0) is 12.3. The quantitative estimate of drug-likeness (QED) is 0.845. The Morgan fingerprint density at radius 2 is 2.00 bits per heavy atom. The highest BCUT2D eigenvalue weighted by Crippen LogP contribution is 2.26. The highest BCUT2D eigenvalue weighted by Gasteiger charge is 2.21. The van der Waals surface area contributed by atoms with E-state index in [0.29, 0.717) is 5.56 Å². The minimum atomic E-state index is -0.900. The van der Waals surface area contributed by atoms with Gasteiger partial charge in [0, 0.05) is 19.0 Å². The van der Waals surface area contributed by atoms with E-state index < -0.39 is 5.97 Å². The van der Waals surface area contributed by atoms with Gasteiger partial charge in [0.25, 0.3) is 0 Å². The van der Waals surface area contributed by atoms with Gasteiger partial charge in [-0.3, -0.25) is 0 Å². The van der Waals surface area contributed by atoms with Gasteiger partial charge in [0.1, 0.15) is 0 Å². The maximum absolute atomic E-state index is 11.1. The molecule has 1 aliphatic rings. The molecule has 1 fully saturated rings. The van der Waals surface area contributed by atoms with Crippen molar-refractivity contribution >= 4 is 11.7 Å². The summed E-state index contributed by atoms with van der Waals surface area (Å²) in [6.45, 7) is 1.50. The van der Waals surface area contributed by atoms with E-state index >= 15 is 0 Å². The maximum Gasteiger partial charge on any atom is 0.337 e. The Hall–Kier alpha value is -2.02. The van der Waals surface area contributed by atoms with Crippen LogP contribution in [0.1, 0.15) is 23.2 Å². The lowest BCUT2D eigenvalue weighted by atomic mass is 9.97. The van der Waals surface area contributed by atoms with E-state index in [2.05, 4.69) is 11.0 Å². The molecule has 0 saturated carbocycles. The van der Waals surface area contributed by atoms with Crippen LogP contribution in [0, 0.1) is 17.2 Å². The van der Waals surface area contributed by atoms with Crippen molar-refractivity contribution in [1.82, 2.24) is 0 Å². The average molecular weight is 230 g/mol. The molecule has 0 radical (unpaired) electrons. The Morgan fingerprint density at radius 3 is 2.59 bits per heavy atom. The van der Waals surface area contributed by atoms with Gasteiger partial charge in [0.2, 0.25) is 0 Å². The minimum Gasteiger partial charge on any atom is -0.478 e. The summed E-state index contributed by atoms with van der Waals surface area (Å²) in [7, 11) is 0. The fourth-order valence-corrected chi connectivity index (χ4v) is 2.18. The molecule has 88 valence electrons. The summed E-state index contributed by atoms with van der Waals surface area (Å²) < 4.78 is 0. The van der Waals surface area contributed by atoms with Gasteiger partial charge in [0.05, 0.1) is 17.3 Å². The molecule has 1 heterocycles. The zero-order valence-corrected chi connectivity index (χ0v) is 9.47. The standard InChI is InChI=1S/C13H14N2O2/c14-9-10-5-7-15(8-6-10)12-4-2-1-3-11(12)13(16)17/h1-4,10H,5-8H2,(H,16,17). The predicted molar refractivity (Wildman–Crippen MR) is 64.0 cm³/mol. The van der Waals surface area contributed by atoms with E-state index in [9.17, 15) is 4.79 Å². The first kappa shape index (κ1) is 11.5. The van der Waals surface area contributed by atoms with E-state index in [0.717, 1.165) is 31.6 Å². The number of benzene rings is 1. The topological polar surface area (TPSA) is 64.3 Å². The molecule has 0 spiro atoms. The third-order valence-corrected chi connectivity index (χ3v) is 3.15. The molecule has 4 nitrogen and oxygen atoms in total. The van der Waals surface area contributed by atoms with Gasteiger partial charge in [-0.15, -0.1) is 0 Å². The van der Waals surface area contributed by atoms with Crippen molar-refractivity contribution in [2.24, 2.45) is 5.92 Å². The second kappa shape index (κ2) is 4.88. The maximum atomic E-state index is 11.1. The van der Waals surface area contributed by atoms with Crippen LogP contribution in [0.5, 0.6) is 0 Å². The van der Waals surface area contributed by atoms with Crippen LogP contribution >= 0.6 is 0 Å².